The molecule has 0 atom stereocenters. The maximum Gasteiger partial charge on any atom is 0.326 e. The van der Waals surface area contributed by atoms with Crippen LogP contribution in [0.5, 0.6) is 0 Å². The number of benzene rings is 2. The standard InChI is InChI=1S/C14H6ClF2IN2O2/c15-8-4-7-12(19-14(22)20-13(7)21)11(18)10(8)6-2-1-5(16)3-9(6)17/h1-4H,(H2,19,20,21,22). The van der Waals surface area contributed by atoms with E-state index in [-0.39, 0.29) is 27.1 Å². The molecule has 1 aromatic heterocycles. The predicted octanol–water partition coefficient (Wildman–Crippen LogP) is 3.42. The molecule has 2 aromatic carbocycles. The molecule has 0 unspecified atom stereocenters. The van der Waals surface area contributed by atoms with Crippen LogP contribution in [0.15, 0.2) is 33.9 Å². The molecule has 4 nitrogen and oxygen atoms in total. The van der Waals surface area contributed by atoms with Crippen LogP contribution in [0.25, 0.3) is 22.0 Å². The van der Waals surface area contributed by atoms with Crippen LogP contribution in [0.4, 0.5) is 8.78 Å². The van der Waals surface area contributed by atoms with E-state index in [0.717, 1.165) is 12.1 Å². The van der Waals surface area contributed by atoms with Crippen LogP contribution in [-0.2, 0) is 0 Å². The third-order valence-corrected chi connectivity index (χ3v) is 4.51. The highest BCUT2D eigenvalue weighted by atomic mass is 127. The molecule has 0 radical (unpaired) electrons. The van der Waals surface area contributed by atoms with Gasteiger partial charge in [0.05, 0.1) is 15.9 Å². The van der Waals surface area contributed by atoms with E-state index in [9.17, 15) is 18.4 Å². The maximum atomic E-state index is 14.0. The fraction of sp³-hybridized carbons (Fsp3) is 0. The molecular weight excluding hydrogens is 429 g/mol. The van der Waals surface area contributed by atoms with Gasteiger partial charge in [0.1, 0.15) is 11.6 Å². The van der Waals surface area contributed by atoms with Crippen molar-refractivity contribution in [1.29, 1.82) is 0 Å². The van der Waals surface area contributed by atoms with Crippen molar-refractivity contribution in [2.24, 2.45) is 0 Å². The molecule has 0 aliphatic heterocycles. The predicted molar refractivity (Wildman–Crippen MR) is 88.3 cm³/mol. The largest absolute Gasteiger partial charge is 0.326 e. The van der Waals surface area contributed by atoms with E-state index in [4.69, 9.17) is 11.6 Å². The Bertz CT molecular complexity index is 1030. The van der Waals surface area contributed by atoms with Crippen molar-refractivity contribution in [1.82, 2.24) is 9.97 Å². The van der Waals surface area contributed by atoms with Crippen molar-refractivity contribution in [3.8, 4) is 11.1 Å². The van der Waals surface area contributed by atoms with Crippen LogP contribution in [0.2, 0.25) is 5.02 Å². The minimum absolute atomic E-state index is 0.0823. The number of aromatic nitrogens is 2. The first-order valence-electron chi connectivity index (χ1n) is 5.98. The second-order valence-corrected chi connectivity index (χ2v) is 5.99. The van der Waals surface area contributed by atoms with Crippen molar-refractivity contribution in [2.45, 2.75) is 0 Å². The van der Waals surface area contributed by atoms with Gasteiger partial charge in [-0.3, -0.25) is 9.78 Å². The second kappa shape index (κ2) is 5.47. The Kier molecular flexibility index (Phi) is 3.77. The third-order valence-electron chi connectivity index (χ3n) is 3.13. The number of nitrogens with one attached hydrogen (secondary N) is 2. The molecule has 0 aliphatic carbocycles. The van der Waals surface area contributed by atoms with Crippen LogP contribution >= 0.6 is 34.2 Å². The summed E-state index contributed by atoms with van der Waals surface area (Å²) in [4.78, 5) is 27.8. The molecule has 1 heterocycles. The van der Waals surface area contributed by atoms with E-state index in [1.54, 1.807) is 0 Å². The molecule has 0 amide bonds. The minimum atomic E-state index is -0.786. The fourth-order valence-electron chi connectivity index (χ4n) is 2.17. The Labute approximate surface area is 140 Å². The Morgan fingerprint density at radius 1 is 1.09 bits per heavy atom. The van der Waals surface area contributed by atoms with E-state index < -0.39 is 22.9 Å². The van der Waals surface area contributed by atoms with E-state index in [1.807, 2.05) is 22.6 Å². The molecule has 112 valence electrons. The summed E-state index contributed by atoms with van der Waals surface area (Å²) in [7, 11) is 0. The molecule has 0 saturated carbocycles. The lowest BCUT2D eigenvalue weighted by Gasteiger charge is -2.11. The first-order chi connectivity index (χ1) is 10.4. The van der Waals surface area contributed by atoms with Gasteiger partial charge in [-0.25, -0.2) is 13.6 Å². The van der Waals surface area contributed by atoms with Gasteiger partial charge in [0, 0.05) is 20.8 Å². The van der Waals surface area contributed by atoms with E-state index in [0.29, 0.717) is 3.57 Å². The van der Waals surface area contributed by atoms with Gasteiger partial charge in [0.25, 0.3) is 5.56 Å². The van der Waals surface area contributed by atoms with Gasteiger partial charge < -0.3 is 4.98 Å². The Hall–Kier alpha value is -1.74. The number of halogens is 4. The van der Waals surface area contributed by atoms with Crippen LogP contribution in [0, 0.1) is 15.2 Å². The summed E-state index contributed by atoms with van der Waals surface area (Å²) < 4.78 is 27.5. The summed E-state index contributed by atoms with van der Waals surface area (Å²) in [6.45, 7) is 0. The molecule has 2 N–H and O–H groups in total. The number of aromatic amines is 2. The van der Waals surface area contributed by atoms with Crippen molar-refractivity contribution in [3.05, 3.63) is 65.3 Å². The average molecular weight is 435 g/mol. The zero-order valence-electron chi connectivity index (χ0n) is 10.6. The molecule has 8 heteroatoms. The SMILES string of the molecule is O=c1[nH]c(=O)c2cc(Cl)c(-c3ccc(F)cc3F)c(I)c2[nH]1. The van der Waals surface area contributed by atoms with Gasteiger partial charge in [-0.15, -0.1) is 0 Å². The third kappa shape index (κ3) is 2.44. The average Bonchev–Trinajstić information content (AvgIpc) is 2.42. The molecule has 0 aliphatic rings. The molecule has 0 saturated heterocycles. The highest BCUT2D eigenvalue weighted by Gasteiger charge is 2.18. The normalized spacial score (nSPS) is 11.1. The topological polar surface area (TPSA) is 65.7 Å². The maximum absolute atomic E-state index is 14.0. The lowest BCUT2D eigenvalue weighted by molar-refractivity contribution is 0.585. The summed E-state index contributed by atoms with van der Waals surface area (Å²) in [5, 5.41) is 0.306. The van der Waals surface area contributed by atoms with Crippen LogP contribution < -0.4 is 11.2 Å². The highest BCUT2D eigenvalue weighted by Crippen LogP contribution is 2.37. The zero-order chi connectivity index (χ0) is 16.0. The van der Waals surface area contributed by atoms with E-state index in [2.05, 4.69) is 9.97 Å². The molecular formula is C14H6ClF2IN2O2. The van der Waals surface area contributed by atoms with E-state index >= 15 is 0 Å². The number of hydrogen-bond donors (Lipinski definition) is 2. The van der Waals surface area contributed by atoms with Gasteiger partial charge in [0.2, 0.25) is 0 Å². The van der Waals surface area contributed by atoms with Gasteiger partial charge in [0.15, 0.2) is 0 Å². The number of fused-ring (bicyclic) bond motifs is 1. The molecule has 3 rings (SSSR count). The lowest BCUT2D eigenvalue weighted by Crippen LogP contribution is -2.22. The Balaban J connectivity index is 2.45. The summed E-state index contributed by atoms with van der Waals surface area (Å²) in [5.74, 6) is -1.50. The molecule has 0 bridgehead atoms. The number of rotatable bonds is 1. The first kappa shape index (κ1) is 15.2. The van der Waals surface area contributed by atoms with Gasteiger partial charge >= 0.3 is 5.69 Å². The van der Waals surface area contributed by atoms with Crippen LogP contribution in [0.1, 0.15) is 0 Å². The summed E-state index contributed by atoms with van der Waals surface area (Å²) in [6, 6.07) is 4.44. The zero-order valence-corrected chi connectivity index (χ0v) is 13.6. The second-order valence-electron chi connectivity index (χ2n) is 4.50. The van der Waals surface area contributed by atoms with Crippen LogP contribution in [0.3, 0.4) is 0 Å². The minimum Gasteiger partial charge on any atom is -0.306 e. The van der Waals surface area contributed by atoms with Gasteiger partial charge in [-0.1, -0.05) is 11.6 Å². The summed E-state index contributed by atoms with van der Waals surface area (Å²) in [5.41, 5.74) is -0.655. The van der Waals surface area contributed by atoms with Crippen molar-refractivity contribution in [3.63, 3.8) is 0 Å². The molecule has 0 fully saturated rings. The van der Waals surface area contributed by atoms with Gasteiger partial charge in [-0.2, -0.15) is 0 Å². The summed E-state index contributed by atoms with van der Waals surface area (Å²) >= 11 is 8.02. The number of hydrogen-bond acceptors (Lipinski definition) is 2. The van der Waals surface area contributed by atoms with Crippen molar-refractivity contribution >= 4 is 45.1 Å². The van der Waals surface area contributed by atoms with Gasteiger partial charge in [-0.05, 0) is 40.8 Å². The van der Waals surface area contributed by atoms with E-state index in [1.165, 1.54) is 12.1 Å². The quantitative estimate of drug-likeness (QED) is 0.577. The number of H-pyrrole nitrogens is 2. The van der Waals surface area contributed by atoms with Crippen LogP contribution in [-0.4, -0.2) is 9.97 Å². The lowest BCUT2D eigenvalue weighted by atomic mass is 10.0. The highest BCUT2D eigenvalue weighted by molar-refractivity contribution is 14.1. The monoisotopic (exact) mass is 434 g/mol. The molecule has 22 heavy (non-hydrogen) atoms. The summed E-state index contributed by atoms with van der Waals surface area (Å²) in [6.07, 6.45) is 0. The van der Waals surface area contributed by atoms with Crippen molar-refractivity contribution in [2.75, 3.05) is 0 Å². The van der Waals surface area contributed by atoms with Crippen molar-refractivity contribution < 1.29 is 8.78 Å². The fourth-order valence-corrected chi connectivity index (χ4v) is 3.65. The smallest absolute Gasteiger partial charge is 0.306 e. The molecule has 3 aromatic rings. The first-order valence-corrected chi connectivity index (χ1v) is 7.44. The Morgan fingerprint density at radius 2 is 1.82 bits per heavy atom. The Morgan fingerprint density at radius 3 is 2.50 bits per heavy atom. The molecule has 0 spiro atoms.